The van der Waals surface area contributed by atoms with Crippen LogP contribution >= 0.6 is 0 Å². The molecule has 0 radical (unpaired) electrons. The van der Waals surface area contributed by atoms with Crippen molar-refractivity contribution in [3.8, 4) is 11.5 Å². The second-order valence-corrected chi connectivity index (χ2v) is 11.7. The lowest BCUT2D eigenvalue weighted by molar-refractivity contribution is -0.144. The molecule has 0 saturated carbocycles. The number of carbonyl (C=O) groups is 3. The zero-order valence-corrected chi connectivity index (χ0v) is 24.7. The number of hydrogen-bond donors (Lipinski definition) is 1. The number of urea groups is 1. The van der Waals surface area contributed by atoms with Crippen molar-refractivity contribution in [2.45, 2.75) is 38.6 Å². The number of ether oxygens (including phenoxy) is 2. The topological polar surface area (TPSA) is 110 Å². The molecule has 43 heavy (non-hydrogen) atoms. The Hall–Kier alpha value is -4.44. The van der Waals surface area contributed by atoms with Gasteiger partial charge < -0.3 is 18.9 Å². The van der Waals surface area contributed by atoms with Crippen LogP contribution in [0.1, 0.15) is 36.1 Å². The van der Waals surface area contributed by atoms with Gasteiger partial charge in [0, 0.05) is 56.3 Å². The molecule has 1 unspecified atom stereocenters. The van der Waals surface area contributed by atoms with Crippen LogP contribution in [0.3, 0.4) is 0 Å². The van der Waals surface area contributed by atoms with Crippen molar-refractivity contribution in [3.05, 3.63) is 87.8 Å². The monoisotopic (exact) mass is 584 g/mol. The number of aromatic nitrogens is 1. The van der Waals surface area contributed by atoms with E-state index in [-0.39, 0.29) is 30.4 Å². The van der Waals surface area contributed by atoms with Crippen LogP contribution in [0, 0.1) is 11.3 Å². The number of amides is 4. The number of barbiturate groups is 1. The number of piperidine rings is 1. The molecular formula is C33H36N4O6. The second kappa shape index (κ2) is 11.3. The lowest BCUT2D eigenvalue weighted by Gasteiger charge is -2.47. The second-order valence-electron chi connectivity index (χ2n) is 11.7. The third-order valence-electron chi connectivity index (χ3n) is 9.11. The van der Waals surface area contributed by atoms with E-state index in [2.05, 4.69) is 10.2 Å². The maximum Gasteiger partial charge on any atom is 0.335 e. The first-order valence-electron chi connectivity index (χ1n) is 14.7. The average Bonchev–Trinajstić information content (AvgIpc) is 3.01. The van der Waals surface area contributed by atoms with Crippen LogP contribution in [0.2, 0.25) is 0 Å². The summed E-state index contributed by atoms with van der Waals surface area (Å²) in [5, 5.41) is 2.51. The highest BCUT2D eigenvalue weighted by molar-refractivity contribution is 6.30. The van der Waals surface area contributed by atoms with Crippen LogP contribution in [0.5, 0.6) is 11.5 Å². The normalized spacial score (nSPS) is 23.5. The third kappa shape index (κ3) is 5.09. The van der Waals surface area contributed by atoms with Crippen LogP contribution in [-0.2, 0) is 29.0 Å². The number of fused-ring (bicyclic) bond motifs is 4. The average molecular weight is 585 g/mol. The molecule has 0 aliphatic carbocycles. The molecule has 4 heterocycles. The Kier molecular flexibility index (Phi) is 7.56. The van der Waals surface area contributed by atoms with Gasteiger partial charge in [0.05, 0.1) is 19.9 Å². The van der Waals surface area contributed by atoms with Gasteiger partial charge in [-0.3, -0.25) is 19.7 Å². The summed E-state index contributed by atoms with van der Waals surface area (Å²) in [5.41, 5.74) is 1.47. The number of aryl methyl sites for hydroxylation is 1. The van der Waals surface area contributed by atoms with Crippen molar-refractivity contribution in [3.63, 3.8) is 0 Å². The molecule has 3 aliphatic heterocycles. The Balaban J connectivity index is 1.40. The molecule has 2 saturated heterocycles. The van der Waals surface area contributed by atoms with Crippen molar-refractivity contribution in [2.24, 2.45) is 11.3 Å². The first-order chi connectivity index (χ1) is 20.8. The maximum atomic E-state index is 14.6. The van der Waals surface area contributed by atoms with Gasteiger partial charge in [-0.2, -0.15) is 0 Å². The van der Waals surface area contributed by atoms with Crippen LogP contribution in [0.25, 0.3) is 0 Å². The van der Waals surface area contributed by atoms with Gasteiger partial charge in [0.2, 0.25) is 5.91 Å². The van der Waals surface area contributed by atoms with E-state index in [1.54, 1.807) is 49.6 Å². The maximum absolute atomic E-state index is 14.6. The highest BCUT2D eigenvalue weighted by atomic mass is 16.5. The van der Waals surface area contributed by atoms with E-state index in [4.69, 9.17) is 9.47 Å². The fraction of sp³-hybridized carbons (Fsp3) is 0.394. The third-order valence-corrected chi connectivity index (χ3v) is 9.11. The molecule has 1 N–H and O–H groups in total. The van der Waals surface area contributed by atoms with Crippen molar-refractivity contribution in [1.29, 1.82) is 0 Å². The number of rotatable bonds is 8. The summed E-state index contributed by atoms with van der Waals surface area (Å²) < 4.78 is 12.9. The van der Waals surface area contributed by atoms with Crippen LogP contribution in [-0.4, -0.2) is 61.2 Å². The number of nitrogens with zero attached hydrogens (tertiary/aromatic N) is 3. The number of nitrogens with one attached hydrogen (secondary N) is 1. The number of pyridine rings is 1. The summed E-state index contributed by atoms with van der Waals surface area (Å²) >= 11 is 0. The molecule has 10 nitrogen and oxygen atoms in total. The molecule has 3 aromatic rings. The number of imide groups is 2. The van der Waals surface area contributed by atoms with Gasteiger partial charge in [0.15, 0.2) is 0 Å². The molecule has 1 aromatic heterocycles. The molecular weight excluding hydrogens is 548 g/mol. The summed E-state index contributed by atoms with van der Waals surface area (Å²) in [6, 6.07) is 17.1. The molecule has 2 fully saturated rings. The van der Waals surface area contributed by atoms with Gasteiger partial charge in [-0.05, 0) is 54.2 Å². The van der Waals surface area contributed by atoms with Crippen molar-refractivity contribution in [2.75, 3.05) is 38.8 Å². The molecule has 0 spiro atoms. The Morgan fingerprint density at radius 2 is 1.72 bits per heavy atom. The Bertz CT molecular complexity index is 1630. The minimum absolute atomic E-state index is 0.00574. The molecule has 2 aromatic carbocycles. The summed E-state index contributed by atoms with van der Waals surface area (Å²) in [6.45, 7) is 3.94. The van der Waals surface area contributed by atoms with Crippen molar-refractivity contribution >= 4 is 23.5 Å². The molecule has 4 amide bonds. The SMILES string of the molecule is CCc1ccc(N2C(=O)NC(=O)C(Cc3ccc(OC)cc3OC)(CN3C[C@H]4C[C@@H](C3)c3cccc(=O)n3C4)C2=O)cc1. The quantitative estimate of drug-likeness (QED) is 0.405. The first-order valence-corrected chi connectivity index (χ1v) is 14.7. The molecule has 3 aliphatic rings. The highest BCUT2D eigenvalue weighted by Gasteiger charge is 2.56. The van der Waals surface area contributed by atoms with E-state index in [0.29, 0.717) is 42.4 Å². The lowest BCUT2D eigenvalue weighted by atomic mass is 9.75. The zero-order chi connectivity index (χ0) is 30.3. The Labute approximate surface area is 250 Å². The lowest BCUT2D eigenvalue weighted by Crippen LogP contribution is -2.68. The number of likely N-dealkylation sites (tertiary alicyclic amines) is 1. The largest absolute Gasteiger partial charge is 0.497 e. The molecule has 2 bridgehead atoms. The van der Waals surface area contributed by atoms with Crippen LogP contribution in [0.4, 0.5) is 10.5 Å². The van der Waals surface area contributed by atoms with Gasteiger partial charge in [-0.15, -0.1) is 0 Å². The summed E-state index contributed by atoms with van der Waals surface area (Å²) in [5.74, 6) is 0.151. The fourth-order valence-electron chi connectivity index (χ4n) is 6.97. The number of anilines is 1. The fourth-order valence-corrected chi connectivity index (χ4v) is 6.97. The summed E-state index contributed by atoms with van der Waals surface area (Å²) in [4.78, 5) is 57.7. The summed E-state index contributed by atoms with van der Waals surface area (Å²) in [7, 11) is 3.09. The van der Waals surface area contributed by atoms with E-state index in [0.717, 1.165) is 29.0 Å². The van der Waals surface area contributed by atoms with Gasteiger partial charge in [0.25, 0.3) is 11.5 Å². The smallest absolute Gasteiger partial charge is 0.335 e. The molecule has 224 valence electrons. The van der Waals surface area contributed by atoms with Crippen LogP contribution < -0.4 is 25.2 Å². The number of benzene rings is 2. The minimum Gasteiger partial charge on any atom is -0.497 e. The number of methoxy groups -OCH3 is 2. The molecule has 3 atom stereocenters. The Morgan fingerprint density at radius 3 is 2.44 bits per heavy atom. The van der Waals surface area contributed by atoms with E-state index >= 15 is 0 Å². The van der Waals surface area contributed by atoms with Gasteiger partial charge in [-0.25, -0.2) is 9.69 Å². The molecule has 10 heteroatoms. The van der Waals surface area contributed by atoms with E-state index < -0.39 is 23.3 Å². The predicted octanol–water partition coefficient (Wildman–Crippen LogP) is 3.36. The van der Waals surface area contributed by atoms with Gasteiger partial charge >= 0.3 is 6.03 Å². The van der Waals surface area contributed by atoms with E-state index in [9.17, 15) is 19.2 Å². The highest BCUT2D eigenvalue weighted by Crippen LogP contribution is 2.40. The predicted molar refractivity (Wildman–Crippen MR) is 161 cm³/mol. The van der Waals surface area contributed by atoms with Gasteiger partial charge in [-0.1, -0.05) is 31.2 Å². The Morgan fingerprint density at radius 1 is 0.930 bits per heavy atom. The minimum atomic E-state index is -1.62. The number of hydrogen-bond acceptors (Lipinski definition) is 7. The standard InChI is InChI=1S/C33H36N4O6/c1-4-21-8-11-25(12-9-21)37-31(40)33(30(39)34-32(37)41,16-23-10-13-26(42-2)15-28(23)43-3)20-35-17-22-14-24(19-35)27-6-5-7-29(38)36(27)18-22/h5-13,15,22,24H,4,14,16-20H2,1-3H3,(H,34,39,41)/t22-,24+,33?/m1/s1. The van der Waals surface area contributed by atoms with Crippen LogP contribution in [0.15, 0.2) is 65.5 Å². The van der Waals surface area contributed by atoms with Crippen molar-refractivity contribution < 1.29 is 23.9 Å². The number of carbonyl (C=O) groups excluding carboxylic acids is 3. The van der Waals surface area contributed by atoms with E-state index in [1.165, 1.54) is 7.11 Å². The zero-order valence-electron chi connectivity index (χ0n) is 24.7. The first kappa shape index (κ1) is 28.7. The summed E-state index contributed by atoms with van der Waals surface area (Å²) in [6.07, 6.45) is 1.77. The van der Waals surface area contributed by atoms with Gasteiger partial charge in [0.1, 0.15) is 16.9 Å². The van der Waals surface area contributed by atoms with Crippen molar-refractivity contribution in [1.82, 2.24) is 14.8 Å². The molecule has 6 rings (SSSR count). The van der Waals surface area contributed by atoms with E-state index in [1.807, 2.05) is 29.7 Å².